The minimum Gasteiger partial charge on any atom is -0.492 e. The lowest BCUT2D eigenvalue weighted by Crippen LogP contribution is -2.40. The number of pyridine rings is 2. The third-order valence-electron chi connectivity index (χ3n) is 5.33. The Morgan fingerprint density at radius 2 is 1.89 bits per heavy atom. The number of carbonyl (C=O) groups is 1. The normalized spacial score (nSPS) is 10.8. The van der Waals surface area contributed by atoms with Gasteiger partial charge in [0.2, 0.25) is 5.88 Å². The Kier molecular flexibility index (Phi) is 7.11. The molecule has 10 nitrogen and oxygen atoms in total. The molecule has 35 heavy (non-hydrogen) atoms. The summed E-state index contributed by atoms with van der Waals surface area (Å²) in [6.07, 6.45) is 2.92. The maximum atomic E-state index is 13.1. The molecule has 0 aliphatic carbocycles. The van der Waals surface area contributed by atoms with Crippen LogP contribution in [0.25, 0.3) is 10.9 Å². The molecule has 3 aromatic heterocycles. The van der Waals surface area contributed by atoms with Crippen molar-refractivity contribution < 1.29 is 14.3 Å². The number of amides is 1. The van der Waals surface area contributed by atoms with Crippen LogP contribution in [-0.2, 0) is 20.1 Å². The number of nitrogens with zero attached hydrogens (tertiary/aromatic N) is 4. The van der Waals surface area contributed by atoms with Gasteiger partial charge in [0, 0.05) is 30.9 Å². The minimum absolute atomic E-state index is 0.0256. The average molecular weight is 496 g/mol. The van der Waals surface area contributed by atoms with Crippen LogP contribution < -0.4 is 26.0 Å². The van der Waals surface area contributed by atoms with Crippen LogP contribution >= 0.6 is 11.6 Å². The van der Waals surface area contributed by atoms with Crippen LogP contribution in [0, 0.1) is 0 Å². The Balaban J connectivity index is 1.54. The van der Waals surface area contributed by atoms with Crippen LogP contribution in [0.2, 0.25) is 5.02 Å². The quantitative estimate of drug-likeness (QED) is 0.398. The van der Waals surface area contributed by atoms with Crippen LogP contribution in [-0.4, -0.2) is 38.7 Å². The van der Waals surface area contributed by atoms with E-state index in [0.717, 1.165) is 10.1 Å². The van der Waals surface area contributed by atoms with E-state index >= 15 is 0 Å². The van der Waals surface area contributed by atoms with Gasteiger partial charge in [-0.2, -0.15) is 0 Å². The first-order valence-corrected chi connectivity index (χ1v) is 11.0. The predicted octanol–water partition coefficient (Wildman–Crippen LogP) is 2.16. The van der Waals surface area contributed by atoms with E-state index in [4.69, 9.17) is 21.1 Å². The SMILES string of the molecule is COc1cc(CNC(=O)c2cc3c(=O)n(CCOc4ccc(Cl)cc4)c(=O)n(C)c3cn2)ccn1. The van der Waals surface area contributed by atoms with Crippen molar-refractivity contribution >= 4 is 28.4 Å². The number of hydrogen-bond acceptors (Lipinski definition) is 7. The molecule has 0 aliphatic heterocycles. The number of aryl methyl sites for hydroxylation is 1. The molecule has 1 N–H and O–H groups in total. The zero-order chi connectivity index (χ0) is 24.9. The van der Waals surface area contributed by atoms with Gasteiger partial charge in [0.05, 0.1) is 30.8 Å². The molecule has 4 aromatic rings. The van der Waals surface area contributed by atoms with E-state index in [0.29, 0.717) is 22.2 Å². The van der Waals surface area contributed by atoms with E-state index in [9.17, 15) is 14.4 Å². The number of carbonyl (C=O) groups excluding carboxylic acids is 1. The molecule has 0 spiro atoms. The van der Waals surface area contributed by atoms with Crippen molar-refractivity contribution in [3.8, 4) is 11.6 Å². The summed E-state index contributed by atoms with van der Waals surface area (Å²) < 4.78 is 13.1. The fourth-order valence-electron chi connectivity index (χ4n) is 3.46. The third kappa shape index (κ3) is 5.33. The molecule has 1 aromatic carbocycles. The maximum absolute atomic E-state index is 13.1. The van der Waals surface area contributed by atoms with Gasteiger partial charge in [-0.1, -0.05) is 11.6 Å². The predicted molar refractivity (Wildman–Crippen MR) is 130 cm³/mol. The highest BCUT2D eigenvalue weighted by Gasteiger charge is 2.15. The largest absolute Gasteiger partial charge is 0.492 e. The number of rotatable bonds is 8. The molecule has 0 unspecified atom stereocenters. The van der Waals surface area contributed by atoms with Crippen LogP contribution in [0.3, 0.4) is 0 Å². The summed E-state index contributed by atoms with van der Waals surface area (Å²) in [5.41, 5.74) is 0.130. The highest BCUT2D eigenvalue weighted by molar-refractivity contribution is 6.30. The van der Waals surface area contributed by atoms with Crippen LogP contribution in [0.1, 0.15) is 16.1 Å². The van der Waals surface area contributed by atoms with Crippen molar-refractivity contribution in [2.24, 2.45) is 7.05 Å². The molecule has 180 valence electrons. The van der Waals surface area contributed by atoms with Crippen molar-refractivity contribution in [3.05, 3.63) is 92.0 Å². The Bertz CT molecular complexity index is 1500. The van der Waals surface area contributed by atoms with Gasteiger partial charge in [0.15, 0.2) is 0 Å². The Labute approximate surface area is 204 Å². The Morgan fingerprint density at radius 1 is 1.11 bits per heavy atom. The molecule has 0 bridgehead atoms. The maximum Gasteiger partial charge on any atom is 0.331 e. The van der Waals surface area contributed by atoms with Gasteiger partial charge in [-0.25, -0.2) is 14.8 Å². The van der Waals surface area contributed by atoms with Gasteiger partial charge in [-0.05, 0) is 42.0 Å². The number of methoxy groups -OCH3 is 1. The number of nitrogens with one attached hydrogen (secondary N) is 1. The standard InChI is InChI=1S/C24H22ClN5O5/c1-29-20-14-27-19(22(31)28-13-15-7-8-26-21(11-15)34-2)12-18(20)23(32)30(24(29)33)9-10-35-17-5-3-16(25)4-6-17/h3-8,11-12,14H,9-10,13H2,1-2H3,(H,28,31). The number of hydrogen-bond donors (Lipinski definition) is 1. The number of halogens is 1. The highest BCUT2D eigenvalue weighted by atomic mass is 35.5. The average Bonchev–Trinajstić information content (AvgIpc) is 2.88. The van der Waals surface area contributed by atoms with E-state index in [1.807, 2.05) is 0 Å². The van der Waals surface area contributed by atoms with E-state index in [1.165, 1.54) is 23.9 Å². The number of aromatic nitrogens is 4. The Morgan fingerprint density at radius 3 is 2.63 bits per heavy atom. The van der Waals surface area contributed by atoms with E-state index < -0.39 is 17.2 Å². The third-order valence-corrected chi connectivity index (χ3v) is 5.58. The summed E-state index contributed by atoms with van der Waals surface area (Å²) in [5.74, 6) is 0.533. The lowest BCUT2D eigenvalue weighted by molar-refractivity contribution is 0.0946. The molecule has 0 saturated heterocycles. The van der Waals surface area contributed by atoms with Crippen LogP contribution in [0.5, 0.6) is 11.6 Å². The molecular formula is C24H22ClN5O5. The molecule has 11 heteroatoms. The first-order chi connectivity index (χ1) is 16.9. The molecule has 0 aliphatic rings. The lowest BCUT2D eigenvalue weighted by atomic mass is 10.2. The fraction of sp³-hybridized carbons (Fsp3) is 0.208. The monoisotopic (exact) mass is 495 g/mol. The van der Waals surface area contributed by atoms with Gasteiger partial charge in [-0.3, -0.25) is 18.7 Å². The lowest BCUT2D eigenvalue weighted by Gasteiger charge is -2.12. The molecule has 0 radical (unpaired) electrons. The summed E-state index contributed by atoms with van der Waals surface area (Å²) in [5, 5.41) is 3.53. The summed E-state index contributed by atoms with van der Waals surface area (Å²) in [7, 11) is 3.05. The minimum atomic E-state index is -0.530. The molecular weight excluding hydrogens is 474 g/mol. The molecule has 4 rings (SSSR count). The van der Waals surface area contributed by atoms with Gasteiger partial charge < -0.3 is 14.8 Å². The van der Waals surface area contributed by atoms with E-state index in [1.54, 1.807) is 49.6 Å². The zero-order valence-electron chi connectivity index (χ0n) is 19.0. The van der Waals surface area contributed by atoms with Crippen molar-refractivity contribution in [2.75, 3.05) is 13.7 Å². The van der Waals surface area contributed by atoms with Crippen molar-refractivity contribution in [1.29, 1.82) is 0 Å². The zero-order valence-corrected chi connectivity index (χ0v) is 19.8. The van der Waals surface area contributed by atoms with E-state index in [2.05, 4.69) is 15.3 Å². The second kappa shape index (κ2) is 10.4. The summed E-state index contributed by atoms with van der Waals surface area (Å²) in [6, 6.07) is 11.6. The van der Waals surface area contributed by atoms with Crippen molar-refractivity contribution in [1.82, 2.24) is 24.4 Å². The molecule has 1 amide bonds. The smallest absolute Gasteiger partial charge is 0.331 e. The second-order valence-electron chi connectivity index (χ2n) is 7.58. The van der Waals surface area contributed by atoms with E-state index in [-0.39, 0.29) is 30.8 Å². The summed E-state index contributed by atoms with van der Waals surface area (Å²) in [6.45, 7) is 0.338. The summed E-state index contributed by atoms with van der Waals surface area (Å²) >= 11 is 5.87. The fourth-order valence-corrected chi connectivity index (χ4v) is 3.58. The van der Waals surface area contributed by atoms with Crippen LogP contribution in [0.4, 0.5) is 0 Å². The Hall–Kier alpha value is -4.18. The first kappa shape index (κ1) is 24.0. The van der Waals surface area contributed by atoms with Crippen LogP contribution in [0.15, 0.2) is 64.4 Å². The molecule has 0 fully saturated rings. The van der Waals surface area contributed by atoms with Gasteiger partial charge >= 0.3 is 5.69 Å². The number of ether oxygens (including phenoxy) is 2. The molecule has 3 heterocycles. The highest BCUT2D eigenvalue weighted by Crippen LogP contribution is 2.15. The summed E-state index contributed by atoms with van der Waals surface area (Å²) in [4.78, 5) is 46.7. The number of benzene rings is 1. The van der Waals surface area contributed by atoms with Crippen molar-refractivity contribution in [3.63, 3.8) is 0 Å². The number of fused-ring (bicyclic) bond motifs is 1. The van der Waals surface area contributed by atoms with Crippen molar-refractivity contribution in [2.45, 2.75) is 13.1 Å². The second-order valence-corrected chi connectivity index (χ2v) is 8.01. The van der Waals surface area contributed by atoms with Gasteiger partial charge in [0.1, 0.15) is 18.1 Å². The van der Waals surface area contributed by atoms with Gasteiger partial charge in [0.25, 0.3) is 11.5 Å². The van der Waals surface area contributed by atoms with Gasteiger partial charge in [-0.15, -0.1) is 0 Å². The molecule has 0 saturated carbocycles. The first-order valence-electron chi connectivity index (χ1n) is 10.6. The topological polar surface area (TPSA) is 117 Å². The molecule has 0 atom stereocenters.